The average molecular weight is 358 g/mol. The highest BCUT2D eigenvalue weighted by Gasteiger charge is 2.05. The van der Waals surface area contributed by atoms with E-state index < -0.39 is 0 Å². The van der Waals surface area contributed by atoms with E-state index in [0.717, 1.165) is 17.1 Å². The van der Waals surface area contributed by atoms with Gasteiger partial charge >= 0.3 is 0 Å². The number of carbonyl (C=O) groups is 1. The highest BCUT2D eigenvalue weighted by atomic mass is 16.1. The number of anilines is 5. The topological polar surface area (TPSA) is 103 Å². The summed E-state index contributed by atoms with van der Waals surface area (Å²) in [5, 5.41) is 18.0. The van der Waals surface area contributed by atoms with Gasteiger partial charge in [0, 0.05) is 35.7 Å². The molecule has 3 aromatic rings. The van der Waals surface area contributed by atoms with Crippen LogP contribution in [0, 0.1) is 18.3 Å². The number of aromatic nitrogens is 2. The Labute approximate surface area is 157 Å². The molecule has 0 aliphatic carbocycles. The average Bonchev–Trinajstić information content (AvgIpc) is 2.61. The van der Waals surface area contributed by atoms with Crippen LogP contribution in [0.15, 0.2) is 54.6 Å². The van der Waals surface area contributed by atoms with E-state index in [9.17, 15) is 4.79 Å². The Bertz CT molecular complexity index is 1010. The number of nitriles is 1. The molecule has 0 atom stereocenters. The first-order valence-corrected chi connectivity index (χ1v) is 8.29. The molecular formula is C20H18N6O. The smallest absolute Gasteiger partial charge is 0.229 e. The number of nitrogens with one attached hydrogen (secondary N) is 3. The molecule has 0 saturated heterocycles. The zero-order valence-electron chi connectivity index (χ0n) is 14.9. The first-order valence-electron chi connectivity index (χ1n) is 8.29. The molecule has 1 amide bonds. The van der Waals surface area contributed by atoms with Crippen LogP contribution in [-0.2, 0) is 4.79 Å². The Morgan fingerprint density at radius 2 is 1.70 bits per heavy atom. The molecule has 1 aromatic heterocycles. The normalized spacial score (nSPS) is 9.96. The van der Waals surface area contributed by atoms with Crippen LogP contribution in [0.25, 0.3) is 0 Å². The molecule has 0 aliphatic heterocycles. The first kappa shape index (κ1) is 17.9. The van der Waals surface area contributed by atoms with Gasteiger partial charge in [-0.05, 0) is 49.4 Å². The molecule has 0 unspecified atom stereocenters. The molecule has 7 heteroatoms. The molecule has 0 spiro atoms. The van der Waals surface area contributed by atoms with Gasteiger partial charge in [0.05, 0.1) is 11.6 Å². The van der Waals surface area contributed by atoms with Gasteiger partial charge < -0.3 is 16.0 Å². The van der Waals surface area contributed by atoms with Crippen molar-refractivity contribution >= 4 is 34.7 Å². The SMILES string of the molecule is CC(=O)Nc1cccc(Nc2cc(C)nc(Nc3ccc(C#N)cc3)n2)c1. The monoisotopic (exact) mass is 358 g/mol. The van der Waals surface area contributed by atoms with Crippen LogP contribution in [0.1, 0.15) is 18.2 Å². The predicted molar refractivity (Wildman–Crippen MR) is 105 cm³/mol. The van der Waals surface area contributed by atoms with E-state index >= 15 is 0 Å². The van der Waals surface area contributed by atoms with Crippen LogP contribution in [0.2, 0.25) is 0 Å². The lowest BCUT2D eigenvalue weighted by molar-refractivity contribution is -0.114. The molecule has 3 N–H and O–H groups in total. The van der Waals surface area contributed by atoms with Gasteiger partial charge in [-0.25, -0.2) is 4.98 Å². The van der Waals surface area contributed by atoms with Crippen molar-refractivity contribution in [2.75, 3.05) is 16.0 Å². The summed E-state index contributed by atoms with van der Waals surface area (Å²) in [6.07, 6.45) is 0. The van der Waals surface area contributed by atoms with Crippen molar-refractivity contribution in [1.29, 1.82) is 5.26 Å². The van der Waals surface area contributed by atoms with Crippen molar-refractivity contribution in [3.63, 3.8) is 0 Å². The van der Waals surface area contributed by atoms with Gasteiger partial charge in [-0.3, -0.25) is 4.79 Å². The van der Waals surface area contributed by atoms with Crippen molar-refractivity contribution in [3.8, 4) is 6.07 Å². The van der Waals surface area contributed by atoms with E-state index in [-0.39, 0.29) is 5.91 Å². The minimum Gasteiger partial charge on any atom is -0.340 e. The lowest BCUT2D eigenvalue weighted by Gasteiger charge is -2.11. The summed E-state index contributed by atoms with van der Waals surface area (Å²) >= 11 is 0. The molecule has 0 saturated carbocycles. The van der Waals surface area contributed by atoms with Gasteiger partial charge in [0.25, 0.3) is 0 Å². The molecule has 0 bridgehead atoms. The van der Waals surface area contributed by atoms with Crippen LogP contribution in [0.4, 0.5) is 28.8 Å². The molecule has 0 aliphatic rings. The maximum Gasteiger partial charge on any atom is 0.229 e. The zero-order valence-corrected chi connectivity index (χ0v) is 14.9. The fraction of sp³-hybridized carbons (Fsp3) is 0.100. The summed E-state index contributed by atoms with van der Waals surface area (Å²) in [6, 6.07) is 18.3. The van der Waals surface area contributed by atoms with Crippen molar-refractivity contribution in [2.24, 2.45) is 0 Å². The Morgan fingerprint density at radius 3 is 2.41 bits per heavy atom. The van der Waals surface area contributed by atoms with E-state index in [4.69, 9.17) is 5.26 Å². The fourth-order valence-electron chi connectivity index (χ4n) is 2.47. The summed E-state index contributed by atoms with van der Waals surface area (Å²) < 4.78 is 0. The number of benzene rings is 2. The summed E-state index contributed by atoms with van der Waals surface area (Å²) in [7, 11) is 0. The maximum atomic E-state index is 11.2. The fourth-order valence-corrected chi connectivity index (χ4v) is 2.47. The molecule has 134 valence electrons. The lowest BCUT2D eigenvalue weighted by Crippen LogP contribution is -2.06. The van der Waals surface area contributed by atoms with E-state index in [0.29, 0.717) is 23.0 Å². The van der Waals surface area contributed by atoms with Crippen molar-refractivity contribution < 1.29 is 4.79 Å². The van der Waals surface area contributed by atoms with Crippen LogP contribution in [-0.4, -0.2) is 15.9 Å². The third-order valence-electron chi connectivity index (χ3n) is 3.58. The Morgan fingerprint density at radius 1 is 0.963 bits per heavy atom. The summed E-state index contributed by atoms with van der Waals surface area (Å²) in [5.74, 6) is 0.942. The third kappa shape index (κ3) is 5.03. The highest BCUT2D eigenvalue weighted by Crippen LogP contribution is 2.21. The van der Waals surface area contributed by atoms with Gasteiger partial charge in [0.1, 0.15) is 5.82 Å². The highest BCUT2D eigenvalue weighted by molar-refractivity contribution is 5.89. The second-order valence-electron chi connectivity index (χ2n) is 5.92. The van der Waals surface area contributed by atoms with Gasteiger partial charge in [0.15, 0.2) is 0 Å². The molecular weight excluding hydrogens is 340 g/mol. The minimum atomic E-state index is -0.126. The van der Waals surface area contributed by atoms with Crippen LogP contribution >= 0.6 is 0 Å². The molecule has 1 heterocycles. The maximum absolute atomic E-state index is 11.2. The standard InChI is InChI=1S/C20H18N6O/c1-13-10-19(24-18-5-3-4-17(11-18)23-14(2)27)26-20(22-13)25-16-8-6-15(12-21)7-9-16/h3-11H,1-2H3,(H,23,27)(H2,22,24,25,26). The molecule has 27 heavy (non-hydrogen) atoms. The predicted octanol–water partition coefficient (Wildman–Crippen LogP) is 4.10. The van der Waals surface area contributed by atoms with Gasteiger partial charge in [-0.2, -0.15) is 10.2 Å². The summed E-state index contributed by atoms with van der Waals surface area (Å²) in [6.45, 7) is 3.35. The molecule has 2 aromatic carbocycles. The quantitative estimate of drug-likeness (QED) is 0.634. The van der Waals surface area contributed by atoms with E-state index in [2.05, 4.69) is 32.0 Å². The van der Waals surface area contributed by atoms with Crippen molar-refractivity contribution in [1.82, 2.24) is 9.97 Å². The lowest BCUT2D eigenvalue weighted by atomic mass is 10.2. The number of carbonyl (C=O) groups excluding carboxylic acids is 1. The zero-order chi connectivity index (χ0) is 19.2. The Balaban J connectivity index is 1.79. The van der Waals surface area contributed by atoms with Gasteiger partial charge in [-0.1, -0.05) is 6.07 Å². The van der Waals surface area contributed by atoms with Gasteiger partial charge in [-0.15, -0.1) is 0 Å². The second-order valence-corrected chi connectivity index (χ2v) is 5.92. The van der Waals surface area contributed by atoms with Crippen LogP contribution in [0.3, 0.4) is 0 Å². The van der Waals surface area contributed by atoms with Crippen LogP contribution in [0.5, 0.6) is 0 Å². The Hall–Kier alpha value is -3.92. The summed E-state index contributed by atoms with van der Waals surface area (Å²) in [4.78, 5) is 20.1. The first-order chi connectivity index (χ1) is 13.0. The minimum absolute atomic E-state index is 0.126. The second kappa shape index (κ2) is 7.97. The number of rotatable bonds is 5. The number of hydrogen-bond donors (Lipinski definition) is 3. The molecule has 3 rings (SSSR count). The number of hydrogen-bond acceptors (Lipinski definition) is 6. The van der Waals surface area contributed by atoms with Crippen molar-refractivity contribution in [2.45, 2.75) is 13.8 Å². The molecule has 0 fully saturated rings. The number of amides is 1. The van der Waals surface area contributed by atoms with E-state index in [1.54, 1.807) is 24.3 Å². The van der Waals surface area contributed by atoms with E-state index in [1.807, 2.05) is 37.3 Å². The number of nitrogens with zero attached hydrogens (tertiary/aromatic N) is 3. The summed E-state index contributed by atoms with van der Waals surface area (Å²) in [5.41, 5.74) is 3.67. The van der Waals surface area contributed by atoms with E-state index in [1.165, 1.54) is 6.92 Å². The van der Waals surface area contributed by atoms with Crippen molar-refractivity contribution in [3.05, 3.63) is 65.9 Å². The van der Waals surface area contributed by atoms with Crippen LogP contribution < -0.4 is 16.0 Å². The largest absolute Gasteiger partial charge is 0.340 e. The van der Waals surface area contributed by atoms with Gasteiger partial charge in [0.2, 0.25) is 11.9 Å². The Kier molecular flexibility index (Phi) is 5.28. The molecule has 7 nitrogen and oxygen atoms in total. The molecule has 0 radical (unpaired) electrons. The number of aryl methyl sites for hydroxylation is 1. The third-order valence-corrected chi connectivity index (χ3v) is 3.58.